The maximum atomic E-state index is 12.7. The summed E-state index contributed by atoms with van der Waals surface area (Å²) in [5, 5.41) is 3.21. The molecule has 1 saturated heterocycles. The Morgan fingerprint density at radius 2 is 1.85 bits per heavy atom. The zero-order chi connectivity index (χ0) is 18.1. The Bertz CT molecular complexity index is 612. The van der Waals surface area contributed by atoms with E-state index in [1.807, 2.05) is 0 Å². The van der Waals surface area contributed by atoms with Gasteiger partial charge in [0.25, 0.3) is 0 Å². The van der Waals surface area contributed by atoms with Crippen molar-refractivity contribution in [1.29, 1.82) is 0 Å². The molecule has 26 heavy (non-hydrogen) atoms. The fourth-order valence-electron chi connectivity index (χ4n) is 5.28. The van der Waals surface area contributed by atoms with Crippen LogP contribution in [0.15, 0.2) is 30.3 Å². The van der Waals surface area contributed by atoms with Gasteiger partial charge >= 0.3 is 0 Å². The first-order valence-corrected chi connectivity index (χ1v) is 10.2. The molecule has 2 aliphatic carbocycles. The number of piperazine rings is 1. The minimum absolute atomic E-state index is 0.0517. The Balaban J connectivity index is 1.23. The van der Waals surface area contributed by atoms with Crippen LogP contribution in [0.2, 0.25) is 0 Å². The summed E-state index contributed by atoms with van der Waals surface area (Å²) < 4.78 is 0. The molecule has 3 N–H and O–H groups in total. The standard InChI is InChI=1S/C21H32N4O/c1-15(14-23-21(26)19-16-7-8-17(13-16)20(19)22)24-9-11-25(12-10-24)18-5-3-2-4-6-18/h2-6,15-17,19-20H,7-14,22H2,1H3,(H,23,26). The second-order valence-corrected chi connectivity index (χ2v) is 8.39. The number of amides is 1. The van der Waals surface area contributed by atoms with Crippen LogP contribution in [0.5, 0.6) is 0 Å². The number of nitrogens with zero attached hydrogens (tertiary/aromatic N) is 2. The van der Waals surface area contributed by atoms with Gasteiger partial charge in [-0.3, -0.25) is 9.69 Å². The highest BCUT2D eigenvalue weighted by atomic mass is 16.2. The highest BCUT2D eigenvalue weighted by Gasteiger charge is 2.49. The van der Waals surface area contributed by atoms with E-state index in [2.05, 4.69) is 52.4 Å². The number of rotatable bonds is 5. The van der Waals surface area contributed by atoms with Gasteiger partial charge in [0.15, 0.2) is 0 Å². The minimum atomic E-state index is 0.0517. The van der Waals surface area contributed by atoms with Crippen molar-refractivity contribution < 1.29 is 4.79 Å². The lowest BCUT2D eigenvalue weighted by molar-refractivity contribution is -0.127. The number of anilines is 1. The molecule has 1 aromatic carbocycles. The summed E-state index contributed by atoms with van der Waals surface area (Å²) in [6.07, 6.45) is 3.57. The van der Waals surface area contributed by atoms with E-state index in [-0.39, 0.29) is 17.9 Å². The van der Waals surface area contributed by atoms with Crippen LogP contribution in [-0.2, 0) is 4.79 Å². The smallest absolute Gasteiger partial charge is 0.225 e. The number of hydrogen-bond donors (Lipinski definition) is 2. The van der Waals surface area contributed by atoms with Crippen molar-refractivity contribution in [1.82, 2.24) is 10.2 Å². The van der Waals surface area contributed by atoms with E-state index in [9.17, 15) is 4.79 Å². The fraction of sp³-hybridized carbons (Fsp3) is 0.667. The van der Waals surface area contributed by atoms with Gasteiger partial charge in [-0.1, -0.05) is 18.2 Å². The van der Waals surface area contributed by atoms with Gasteiger partial charge < -0.3 is 16.0 Å². The maximum Gasteiger partial charge on any atom is 0.225 e. The van der Waals surface area contributed by atoms with Crippen molar-refractivity contribution in [2.75, 3.05) is 37.6 Å². The lowest BCUT2D eigenvalue weighted by Crippen LogP contribution is -2.53. The SMILES string of the molecule is CC(CNC(=O)C1C2CCC(C2)C1N)N1CCN(c2ccccc2)CC1. The van der Waals surface area contributed by atoms with E-state index in [4.69, 9.17) is 5.73 Å². The first-order valence-electron chi connectivity index (χ1n) is 10.2. The number of nitrogens with one attached hydrogen (secondary N) is 1. The molecule has 2 bridgehead atoms. The van der Waals surface area contributed by atoms with Crippen molar-refractivity contribution >= 4 is 11.6 Å². The molecule has 0 aromatic heterocycles. The molecule has 5 unspecified atom stereocenters. The molecule has 0 radical (unpaired) electrons. The predicted molar refractivity (Wildman–Crippen MR) is 105 cm³/mol. The molecule has 3 fully saturated rings. The van der Waals surface area contributed by atoms with Crippen molar-refractivity contribution in [3.8, 4) is 0 Å². The summed E-state index contributed by atoms with van der Waals surface area (Å²) in [5.41, 5.74) is 7.61. The first kappa shape index (κ1) is 17.8. The van der Waals surface area contributed by atoms with Crippen LogP contribution >= 0.6 is 0 Å². The van der Waals surface area contributed by atoms with Gasteiger partial charge in [0, 0.05) is 50.5 Å². The number of fused-ring (bicyclic) bond motifs is 2. The number of nitrogens with two attached hydrogens (primary N) is 1. The number of benzene rings is 1. The van der Waals surface area contributed by atoms with Gasteiger partial charge in [-0.05, 0) is 50.2 Å². The Kier molecular flexibility index (Phi) is 5.18. The highest BCUT2D eigenvalue weighted by Crippen LogP contribution is 2.47. The second-order valence-electron chi connectivity index (χ2n) is 8.39. The number of carbonyl (C=O) groups excluding carboxylic acids is 1. The summed E-state index contributed by atoms with van der Waals surface area (Å²) in [7, 11) is 0. The third-order valence-electron chi connectivity index (χ3n) is 6.91. The molecule has 1 aliphatic heterocycles. The average Bonchev–Trinajstić information content (AvgIpc) is 3.28. The van der Waals surface area contributed by atoms with Crippen LogP contribution in [0.1, 0.15) is 26.2 Å². The van der Waals surface area contributed by atoms with Crippen LogP contribution in [0.3, 0.4) is 0 Å². The fourth-order valence-corrected chi connectivity index (χ4v) is 5.28. The third kappa shape index (κ3) is 3.47. The molecule has 1 amide bonds. The maximum absolute atomic E-state index is 12.7. The van der Waals surface area contributed by atoms with Crippen molar-refractivity contribution in [3.05, 3.63) is 30.3 Å². The van der Waals surface area contributed by atoms with E-state index >= 15 is 0 Å². The monoisotopic (exact) mass is 356 g/mol. The van der Waals surface area contributed by atoms with Crippen LogP contribution in [0.4, 0.5) is 5.69 Å². The van der Waals surface area contributed by atoms with Crippen LogP contribution in [0, 0.1) is 17.8 Å². The summed E-state index contributed by atoms with van der Waals surface area (Å²) >= 11 is 0. The molecule has 3 aliphatic rings. The minimum Gasteiger partial charge on any atom is -0.369 e. The summed E-state index contributed by atoms with van der Waals surface area (Å²) in [6.45, 7) is 7.11. The van der Waals surface area contributed by atoms with Gasteiger partial charge in [-0.15, -0.1) is 0 Å². The molecule has 1 heterocycles. The lowest BCUT2D eigenvalue weighted by atomic mass is 9.84. The van der Waals surface area contributed by atoms with Gasteiger partial charge in [0.05, 0.1) is 5.92 Å². The van der Waals surface area contributed by atoms with E-state index in [0.717, 1.165) is 39.1 Å². The van der Waals surface area contributed by atoms with E-state index in [1.165, 1.54) is 18.5 Å². The van der Waals surface area contributed by atoms with Crippen molar-refractivity contribution in [2.45, 2.75) is 38.3 Å². The largest absolute Gasteiger partial charge is 0.369 e. The average molecular weight is 357 g/mol. The molecular formula is C21H32N4O. The lowest BCUT2D eigenvalue weighted by Gasteiger charge is -2.39. The molecule has 5 nitrogen and oxygen atoms in total. The quantitative estimate of drug-likeness (QED) is 0.843. The second kappa shape index (κ2) is 7.57. The molecule has 0 spiro atoms. The van der Waals surface area contributed by atoms with E-state index < -0.39 is 0 Å². The predicted octanol–water partition coefficient (Wildman–Crippen LogP) is 1.69. The molecule has 5 heteroatoms. The third-order valence-corrected chi connectivity index (χ3v) is 6.91. The first-order chi connectivity index (χ1) is 12.6. The Morgan fingerprint density at radius 1 is 1.15 bits per heavy atom. The molecule has 1 aromatic rings. The van der Waals surface area contributed by atoms with E-state index in [1.54, 1.807) is 0 Å². The van der Waals surface area contributed by atoms with E-state index in [0.29, 0.717) is 17.9 Å². The van der Waals surface area contributed by atoms with Gasteiger partial charge in [-0.2, -0.15) is 0 Å². The molecule has 5 atom stereocenters. The van der Waals surface area contributed by atoms with Crippen molar-refractivity contribution in [2.24, 2.45) is 23.5 Å². The Labute approximate surface area is 156 Å². The summed E-state index contributed by atoms with van der Waals surface area (Å²) in [4.78, 5) is 17.6. The zero-order valence-corrected chi connectivity index (χ0v) is 15.8. The molecular weight excluding hydrogens is 324 g/mol. The van der Waals surface area contributed by atoms with Gasteiger partial charge in [-0.25, -0.2) is 0 Å². The highest BCUT2D eigenvalue weighted by molar-refractivity contribution is 5.80. The van der Waals surface area contributed by atoms with Crippen LogP contribution in [-0.4, -0.2) is 55.6 Å². The number of hydrogen-bond acceptors (Lipinski definition) is 4. The molecule has 2 saturated carbocycles. The number of para-hydroxylation sites is 1. The van der Waals surface area contributed by atoms with Gasteiger partial charge in [0.1, 0.15) is 0 Å². The molecule has 4 rings (SSSR count). The van der Waals surface area contributed by atoms with Crippen molar-refractivity contribution in [3.63, 3.8) is 0 Å². The summed E-state index contributed by atoms with van der Waals surface area (Å²) in [6, 6.07) is 11.1. The molecule has 142 valence electrons. The summed E-state index contributed by atoms with van der Waals surface area (Å²) in [5.74, 6) is 1.36. The normalized spacial score (nSPS) is 32.6. The number of carbonyl (C=O) groups is 1. The Hall–Kier alpha value is -1.59. The van der Waals surface area contributed by atoms with Crippen LogP contribution in [0.25, 0.3) is 0 Å². The van der Waals surface area contributed by atoms with Gasteiger partial charge in [0.2, 0.25) is 5.91 Å². The zero-order valence-electron chi connectivity index (χ0n) is 15.8. The van der Waals surface area contributed by atoms with Crippen LogP contribution < -0.4 is 16.0 Å². The topological polar surface area (TPSA) is 61.6 Å². The Morgan fingerprint density at radius 3 is 2.50 bits per heavy atom.